The predicted molar refractivity (Wildman–Crippen MR) is 114 cm³/mol. The highest BCUT2D eigenvalue weighted by molar-refractivity contribution is 5.88. The molecule has 172 valence electrons. The summed E-state index contributed by atoms with van der Waals surface area (Å²) < 4.78 is 5.19. The topological polar surface area (TPSA) is 108 Å². The third-order valence-electron chi connectivity index (χ3n) is 6.28. The summed E-state index contributed by atoms with van der Waals surface area (Å²) in [6, 6.07) is -1.94. The minimum Gasteiger partial charge on any atom is -0.480 e. The van der Waals surface area contributed by atoms with E-state index >= 15 is 0 Å². The van der Waals surface area contributed by atoms with E-state index in [0.29, 0.717) is 32.4 Å². The number of rotatable bonds is 12. The number of aliphatic carboxylic acids is 1. The first-order valence-electron chi connectivity index (χ1n) is 11.6. The number of esters is 1. The van der Waals surface area contributed by atoms with Gasteiger partial charge in [-0.3, -0.25) is 14.9 Å². The fourth-order valence-electron chi connectivity index (χ4n) is 4.55. The maximum absolute atomic E-state index is 12.8. The Bertz CT molecular complexity index is 565. The monoisotopic (exact) mass is 425 g/mol. The minimum atomic E-state index is -0.969. The van der Waals surface area contributed by atoms with Crippen molar-refractivity contribution < 1.29 is 24.2 Å². The van der Waals surface area contributed by atoms with Gasteiger partial charge in [-0.1, -0.05) is 25.7 Å². The van der Waals surface area contributed by atoms with Crippen molar-refractivity contribution in [3.63, 3.8) is 0 Å². The Kier molecular flexibility index (Phi) is 10.6. The zero-order valence-electron chi connectivity index (χ0n) is 18.5. The number of unbranched alkanes of at least 4 members (excludes halogenated alkanes) is 2. The fourth-order valence-corrected chi connectivity index (χ4v) is 4.55. The Morgan fingerprint density at radius 3 is 2.57 bits per heavy atom. The third-order valence-corrected chi connectivity index (χ3v) is 6.28. The Morgan fingerprint density at radius 2 is 1.90 bits per heavy atom. The summed E-state index contributed by atoms with van der Waals surface area (Å²) >= 11 is 0. The van der Waals surface area contributed by atoms with Crippen molar-refractivity contribution in [3.05, 3.63) is 0 Å². The van der Waals surface area contributed by atoms with Crippen LogP contribution in [0.2, 0.25) is 0 Å². The van der Waals surface area contributed by atoms with Crippen LogP contribution < -0.4 is 10.6 Å². The molecule has 2 rings (SSSR count). The van der Waals surface area contributed by atoms with Crippen molar-refractivity contribution in [3.8, 4) is 0 Å². The molecule has 2 heterocycles. The number of piperidine rings is 1. The van der Waals surface area contributed by atoms with Gasteiger partial charge < -0.3 is 20.1 Å². The number of ether oxygens (including phenoxy) is 1. The average molecular weight is 426 g/mol. The van der Waals surface area contributed by atoms with Gasteiger partial charge in [0.05, 0.1) is 12.6 Å². The van der Waals surface area contributed by atoms with Crippen LogP contribution in [0.4, 0.5) is 0 Å². The summed E-state index contributed by atoms with van der Waals surface area (Å²) in [6.07, 6.45) is 8.62. The Morgan fingerprint density at radius 1 is 1.17 bits per heavy atom. The molecule has 1 unspecified atom stereocenters. The first kappa shape index (κ1) is 24.6. The lowest BCUT2D eigenvalue weighted by Crippen LogP contribution is -2.53. The average Bonchev–Trinajstić information content (AvgIpc) is 3.23. The molecule has 0 aromatic carbocycles. The molecule has 0 aliphatic carbocycles. The highest BCUT2D eigenvalue weighted by Gasteiger charge is 2.36. The molecule has 0 spiro atoms. The molecule has 1 amide bonds. The molecule has 30 heavy (non-hydrogen) atoms. The smallest absolute Gasteiger partial charge is 0.326 e. The zero-order chi connectivity index (χ0) is 21.9. The van der Waals surface area contributed by atoms with Crippen LogP contribution in [0, 0.1) is 5.92 Å². The van der Waals surface area contributed by atoms with E-state index in [1.165, 1.54) is 24.2 Å². The van der Waals surface area contributed by atoms with E-state index in [-0.39, 0.29) is 11.9 Å². The first-order valence-corrected chi connectivity index (χ1v) is 11.6. The van der Waals surface area contributed by atoms with E-state index in [1.807, 2.05) is 0 Å². The minimum absolute atomic E-state index is 0.264. The number of carbonyl (C=O) groups is 3. The maximum atomic E-state index is 12.8. The van der Waals surface area contributed by atoms with Gasteiger partial charge in [0.25, 0.3) is 0 Å². The molecular formula is C22H39N3O5. The Hall–Kier alpha value is -1.67. The molecule has 0 radical (unpaired) electrons. The van der Waals surface area contributed by atoms with Crippen LogP contribution in [0.1, 0.15) is 71.6 Å². The van der Waals surface area contributed by atoms with Crippen LogP contribution in [0.25, 0.3) is 0 Å². The molecule has 2 fully saturated rings. The van der Waals surface area contributed by atoms with Crippen LogP contribution in [0.3, 0.4) is 0 Å². The van der Waals surface area contributed by atoms with Crippen LogP contribution in [-0.4, -0.2) is 72.2 Å². The van der Waals surface area contributed by atoms with Crippen molar-refractivity contribution in [2.75, 3.05) is 26.2 Å². The van der Waals surface area contributed by atoms with Crippen molar-refractivity contribution >= 4 is 17.8 Å². The molecule has 0 saturated carbocycles. The standard InChI is InChI=1S/C22H39N3O5/c1-3-30-22(29)18(9-6-4-5-8-17-11-13-23-14-12-17)24-16(2)20(26)25-15-7-10-19(25)21(27)28/h16-19,23-24H,3-15H2,1-2H3,(H,27,28)/t16-,18?,19-/m0/s1. The van der Waals surface area contributed by atoms with Crippen molar-refractivity contribution in [2.24, 2.45) is 5.92 Å². The summed E-state index contributed by atoms with van der Waals surface area (Å²) in [6.45, 7) is 6.44. The quantitative estimate of drug-likeness (QED) is 0.324. The lowest BCUT2D eigenvalue weighted by atomic mass is 9.92. The largest absolute Gasteiger partial charge is 0.480 e. The van der Waals surface area contributed by atoms with Gasteiger partial charge in [0.2, 0.25) is 5.91 Å². The van der Waals surface area contributed by atoms with Gasteiger partial charge in [0.15, 0.2) is 0 Å². The van der Waals surface area contributed by atoms with Crippen LogP contribution in [0.15, 0.2) is 0 Å². The highest BCUT2D eigenvalue weighted by Crippen LogP contribution is 2.21. The predicted octanol–water partition coefficient (Wildman–Crippen LogP) is 1.92. The van der Waals surface area contributed by atoms with Gasteiger partial charge in [-0.25, -0.2) is 4.79 Å². The van der Waals surface area contributed by atoms with E-state index in [1.54, 1.807) is 13.8 Å². The lowest BCUT2D eigenvalue weighted by Gasteiger charge is -2.28. The molecular weight excluding hydrogens is 386 g/mol. The highest BCUT2D eigenvalue weighted by atomic mass is 16.5. The number of nitrogens with zero attached hydrogens (tertiary/aromatic N) is 1. The van der Waals surface area contributed by atoms with Crippen LogP contribution in [-0.2, 0) is 19.1 Å². The van der Waals surface area contributed by atoms with E-state index in [0.717, 1.165) is 38.3 Å². The molecule has 8 nitrogen and oxygen atoms in total. The maximum Gasteiger partial charge on any atom is 0.326 e. The van der Waals surface area contributed by atoms with E-state index < -0.39 is 24.1 Å². The van der Waals surface area contributed by atoms with Crippen LogP contribution >= 0.6 is 0 Å². The van der Waals surface area contributed by atoms with Crippen molar-refractivity contribution in [1.29, 1.82) is 0 Å². The second-order valence-corrected chi connectivity index (χ2v) is 8.55. The van der Waals surface area contributed by atoms with E-state index in [2.05, 4.69) is 10.6 Å². The molecule has 0 aromatic rings. The Balaban J connectivity index is 1.80. The summed E-state index contributed by atoms with van der Waals surface area (Å²) in [4.78, 5) is 38.0. The molecule has 8 heteroatoms. The molecule has 3 N–H and O–H groups in total. The summed E-state index contributed by atoms with van der Waals surface area (Å²) in [5.41, 5.74) is 0. The van der Waals surface area contributed by atoms with Gasteiger partial charge in [-0.05, 0) is 65.0 Å². The molecule has 2 saturated heterocycles. The first-order chi connectivity index (χ1) is 14.4. The van der Waals surface area contributed by atoms with Crippen LogP contribution in [0.5, 0.6) is 0 Å². The fraction of sp³-hybridized carbons (Fsp3) is 0.864. The lowest BCUT2D eigenvalue weighted by molar-refractivity contribution is -0.150. The Labute approximate surface area is 180 Å². The number of likely N-dealkylation sites (tertiary alicyclic amines) is 1. The van der Waals surface area contributed by atoms with Crippen molar-refractivity contribution in [1.82, 2.24) is 15.5 Å². The van der Waals surface area contributed by atoms with E-state index in [4.69, 9.17) is 4.74 Å². The third kappa shape index (κ3) is 7.54. The number of hydrogen-bond acceptors (Lipinski definition) is 6. The van der Waals surface area contributed by atoms with Gasteiger partial charge in [-0.15, -0.1) is 0 Å². The van der Waals surface area contributed by atoms with E-state index in [9.17, 15) is 19.5 Å². The number of nitrogens with one attached hydrogen (secondary N) is 2. The SMILES string of the molecule is CCOC(=O)C(CCCCCC1CCNCC1)N[C@@H](C)C(=O)N1CCC[C@H]1C(=O)O. The number of carboxylic acids is 1. The second kappa shape index (κ2) is 12.9. The second-order valence-electron chi connectivity index (χ2n) is 8.55. The number of carboxylic acid groups (broad SMARTS) is 1. The van der Waals surface area contributed by atoms with Crippen molar-refractivity contribution in [2.45, 2.75) is 89.8 Å². The number of hydrogen-bond donors (Lipinski definition) is 3. The van der Waals surface area contributed by atoms with Gasteiger partial charge in [0.1, 0.15) is 12.1 Å². The summed E-state index contributed by atoms with van der Waals surface area (Å²) in [7, 11) is 0. The number of carbonyl (C=O) groups excluding carboxylic acids is 2. The normalized spacial score (nSPS) is 21.9. The molecule has 0 aromatic heterocycles. The zero-order valence-corrected chi connectivity index (χ0v) is 18.5. The molecule has 0 bridgehead atoms. The van der Waals surface area contributed by atoms with Gasteiger partial charge in [0, 0.05) is 6.54 Å². The van der Waals surface area contributed by atoms with Gasteiger partial charge >= 0.3 is 11.9 Å². The van der Waals surface area contributed by atoms with Gasteiger partial charge in [-0.2, -0.15) is 0 Å². The molecule has 3 atom stereocenters. The molecule has 2 aliphatic heterocycles. The molecule has 2 aliphatic rings. The summed E-state index contributed by atoms with van der Waals surface area (Å²) in [5.74, 6) is -0.763. The summed E-state index contributed by atoms with van der Waals surface area (Å²) in [5, 5.41) is 15.8. The number of amides is 1.